The largest absolute Gasteiger partial charge is 0.466 e. The van der Waals surface area contributed by atoms with Crippen molar-refractivity contribution in [2.24, 2.45) is 10.7 Å². The van der Waals surface area contributed by atoms with Gasteiger partial charge in [0.05, 0.1) is 18.9 Å². The van der Waals surface area contributed by atoms with Crippen LogP contribution in [0.5, 0.6) is 0 Å². The molecule has 1 aliphatic rings. The maximum atomic E-state index is 11.6. The summed E-state index contributed by atoms with van der Waals surface area (Å²) in [4.78, 5) is 30.1. The molecule has 0 bridgehead atoms. The number of fused-ring (bicyclic) bond motifs is 1. The predicted molar refractivity (Wildman–Crippen MR) is 62.0 cm³/mol. The molecule has 8 heteroatoms. The summed E-state index contributed by atoms with van der Waals surface area (Å²) in [6, 6.07) is 0. The molecule has 0 unspecified atom stereocenters. The van der Waals surface area contributed by atoms with Crippen LogP contribution in [-0.2, 0) is 9.53 Å². The molecule has 0 radical (unpaired) electrons. The summed E-state index contributed by atoms with van der Waals surface area (Å²) in [5.41, 5.74) is 5.34. The average molecular weight is 250 g/mol. The highest BCUT2D eigenvalue weighted by Gasteiger charge is 2.12. The van der Waals surface area contributed by atoms with Crippen LogP contribution in [0.4, 0.5) is 5.82 Å². The number of ether oxygens (including phenoxy) is 1. The lowest BCUT2D eigenvalue weighted by Crippen LogP contribution is -2.40. The molecule has 8 nitrogen and oxygen atoms in total. The number of nitrogens with one attached hydrogen (secondary N) is 1. The van der Waals surface area contributed by atoms with E-state index in [1.807, 2.05) is 0 Å². The number of methoxy groups -OCH3 is 1. The topological polar surface area (TPSA) is 120 Å². The fourth-order valence-corrected chi connectivity index (χ4v) is 1.37. The molecule has 0 saturated heterocycles. The Labute approximate surface area is 100 Å². The summed E-state index contributed by atoms with van der Waals surface area (Å²) in [7, 11) is 1.19. The Morgan fingerprint density at radius 1 is 1.56 bits per heavy atom. The van der Waals surface area contributed by atoms with Gasteiger partial charge in [-0.3, -0.25) is 4.79 Å². The summed E-state index contributed by atoms with van der Waals surface area (Å²) in [5, 5.41) is 2.73. The van der Waals surface area contributed by atoms with Crippen molar-refractivity contribution in [3.63, 3.8) is 0 Å². The van der Waals surface area contributed by atoms with Crippen LogP contribution in [0.15, 0.2) is 14.2 Å². The lowest BCUT2D eigenvalue weighted by molar-refractivity contribution is -0.133. The lowest BCUT2D eigenvalue weighted by atomic mass is 10.4. The zero-order chi connectivity index (χ0) is 13.3. The van der Waals surface area contributed by atoms with E-state index in [0.717, 1.165) is 6.08 Å². The minimum absolute atomic E-state index is 0.0794. The number of nitrogens with zero attached hydrogens (tertiary/aromatic N) is 2. The van der Waals surface area contributed by atoms with E-state index in [4.69, 9.17) is 10.2 Å². The summed E-state index contributed by atoms with van der Waals surface area (Å²) in [5.74, 6) is -0.510. The fourth-order valence-electron chi connectivity index (χ4n) is 1.37. The van der Waals surface area contributed by atoms with Crippen molar-refractivity contribution in [2.45, 2.75) is 6.92 Å². The molecule has 0 atom stereocenters. The van der Waals surface area contributed by atoms with Gasteiger partial charge in [-0.2, -0.15) is 9.98 Å². The number of aromatic nitrogens is 1. The van der Waals surface area contributed by atoms with E-state index in [0.29, 0.717) is 5.70 Å². The number of carbonyl (C=O) groups excluding carboxylic acids is 1. The van der Waals surface area contributed by atoms with Gasteiger partial charge in [0.25, 0.3) is 0 Å². The Bertz CT molecular complexity index is 716. The van der Waals surface area contributed by atoms with Crippen LogP contribution >= 0.6 is 0 Å². The quantitative estimate of drug-likeness (QED) is 0.536. The monoisotopic (exact) mass is 250 g/mol. The highest BCUT2D eigenvalue weighted by molar-refractivity contribution is 5.99. The van der Waals surface area contributed by atoms with E-state index in [1.54, 1.807) is 6.92 Å². The van der Waals surface area contributed by atoms with Crippen LogP contribution in [-0.4, -0.2) is 24.0 Å². The van der Waals surface area contributed by atoms with Gasteiger partial charge < -0.3 is 20.2 Å². The second-order valence-electron chi connectivity index (χ2n) is 3.45. The highest BCUT2D eigenvalue weighted by Crippen LogP contribution is 2.01. The highest BCUT2D eigenvalue weighted by atomic mass is 16.5. The van der Waals surface area contributed by atoms with Crippen molar-refractivity contribution in [1.29, 1.82) is 0 Å². The SMILES string of the molecule is COC(=O)/C=c1/oc2c(nc1=O)N=C(N)NC=2C. The van der Waals surface area contributed by atoms with E-state index in [9.17, 15) is 9.59 Å². The molecule has 3 N–H and O–H groups in total. The van der Waals surface area contributed by atoms with Crippen molar-refractivity contribution in [1.82, 2.24) is 10.3 Å². The van der Waals surface area contributed by atoms with Crippen LogP contribution in [0.3, 0.4) is 0 Å². The number of guanidine groups is 1. The van der Waals surface area contributed by atoms with Crippen LogP contribution < -0.4 is 27.4 Å². The molecule has 0 aromatic carbocycles. The first-order valence-electron chi connectivity index (χ1n) is 4.94. The van der Waals surface area contributed by atoms with E-state index in [1.165, 1.54) is 7.11 Å². The molecular formula is C10H10N4O4. The summed E-state index contributed by atoms with van der Waals surface area (Å²) < 4.78 is 9.68. The Kier molecular flexibility index (Phi) is 2.84. The molecule has 1 aromatic rings. The van der Waals surface area contributed by atoms with Crippen LogP contribution in [0.1, 0.15) is 6.92 Å². The molecule has 1 aliphatic heterocycles. The summed E-state index contributed by atoms with van der Waals surface area (Å²) in [6.45, 7) is 1.68. The van der Waals surface area contributed by atoms with Crippen molar-refractivity contribution in [3.05, 3.63) is 21.2 Å². The minimum atomic E-state index is -0.717. The molecular weight excluding hydrogens is 240 g/mol. The molecule has 0 amide bonds. The first-order valence-corrected chi connectivity index (χ1v) is 4.94. The predicted octanol–water partition coefficient (Wildman–Crippen LogP) is -2.33. The number of esters is 1. The maximum absolute atomic E-state index is 11.6. The first-order chi connectivity index (χ1) is 8.51. The number of hydrogen-bond donors (Lipinski definition) is 2. The van der Waals surface area contributed by atoms with Gasteiger partial charge in [-0.1, -0.05) is 0 Å². The maximum Gasteiger partial charge on any atom is 0.334 e. The van der Waals surface area contributed by atoms with E-state index in [2.05, 4.69) is 20.0 Å². The number of carbonyl (C=O) groups is 1. The molecule has 0 saturated carbocycles. The number of aliphatic imine (C=N–C) groups is 1. The van der Waals surface area contributed by atoms with Crippen molar-refractivity contribution in [3.8, 4) is 0 Å². The molecule has 0 spiro atoms. The van der Waals surface area contributed by atoms with Crippen molar-refractivity contribution in [2.75, 3.05) is 7.11 Å². The van der Waals surface area contributed by atoms with Crippen molar-refractivity contribution < 1.29 is 13.9 Å². The van der Waals surface area contributed by atoms with E-state index >= 15 is 0 Å². The Hall–Kier alpha value is -2.64. The molecule has 0 aliphatic carbocycles. The van der Waals surface area contributed by atoms with Gasteiger partial charge in [-0.25, -0.2) is 4.79 Å². The second kappa shape index (κ2) is 4.32. The zero-order valence-electron chi connectivity index (χ0n) is 9.68. The second-order valence-corrected chi connectivity index (χ2v) is 3.45. The smallest absolute Gasteiger partial charge is 0.334 e. The Morgan fingerprint density at radius 2 is 2.28 bits per heavy atom. The third-order valence-electron chi connectivity index (χ3n) is 2.17. The molecule has 2 heterocycles. The lowest BCUT2D eigenvalue weighted by Gasteiger charge is -2.09. The van der Waals surface area contributed by atoms with Gasteiger partial charge >= 0.3 is 11.5 Å². The normalized spacial score (nSPS) is 14.7. The van der Waals surface area contributed by atoms with Gasteiger partial charge in [0.2, 0.25) is 11.2 Å². The van der Waals surface area contributed by atoms with Gasteiger partial charge in [-0.15, -0.1) is 0 Å². The Balaban J connectivity index is 2.75. The summed E-state index contributed by atoms with van der Waals surface area (Å²) in [6.07, 6.45) is 0.921. The molecule has 94 valence electrons. The van der Waals surface area contributed by atoms with Gasteiger partial charge in [0.1, 0.15) is 0 Å². The van der Waals surface area contributed by atoms with E-state index < -0.39 is 11.5 Å². The third kappa shape index (κ3) is 2.08. The van der Waals surface area contributed by atoms with Crippen LogP contribution in [0, 0.1) is 0 Å². The third-order valence-corrected chi connectivity index (χ3v) is 2.17. The van der Waals surface area contributed by atoms with Gasteiger partial charge in [-0.05, 0) is 6.92 Å². The molecule has 1 aromatic heterocycles. The Morgan fingerprint density at radius 3 is 2.94 bits per heavy atom. The van der Waals surface area contributed by atoms with Crippen LogP contribution in [0.25, 0.3) is 11.8 Å². The van der Waals surface area contributed by atoms with E-state index in [-0.39, 0.29) is 22.6 Å². The van der Waals surface area contributed by atoms with Crippen LogP contribution in [0.2, 0.25) is 0 Å². The van der Waals surface area contributed by atoms with Gasteiger partial charge in [0.15, 0.2) is 11.4 Å². The number of hydrogen-bond acceptors (Lipinski definition) is 8. The average Bonchev–Trinajstić information content (AvgIpc) is 2.30. The minimum Gasteiger partial charge on any atom is -0.466 e. The first kappa shape index (κ1) is 11.8. The molecule has 18 heavy (non-hydrogen) atoms. The molecule has 2 rings (SSSR count). The fraction of sp³-hybridized carbons (Fsp3) is 0.200. The zero-order valence-corrected chi connectivity index (χ0v) is 9.68. The van der Waals surface area contributed by atoms with Gasteiger partial charge in [0, 0.05) is 0 Å². The number of nitrogens with two attached hydrogens (primary N) is 1. The summed E-state index contributed by atoms with van der Waals surface area (Å²) >= 11 is 0. The standard InChI is InChI=1S/C10H10N4O4/c1-4-7-8(14-10(11)12-4)13-9(16)5(18-7)3-6(15)17-2/h3H,1-2H3,(H3,11,12,13,14,16)/b5-3+. The molecule has 0 fully saturated rings. The number of rotatable bonds is 1. The van der Waals surface area contributed by atoms with Crippen molar-refractivity contribution >= 4 is 29.5 Å².